The van der Waals surface area contributed by atoms with Crippen molar-refractivity contribution in [3.63, 3.8) is 0 Å². The van der Waals surface area contributed by atoms with Gasteiger partial charge in [0.25, 0.3) is 10.0 Å². The van der Waals surface area contributed by atoms with Crippen molar-refractivity contribution in [3.05, 3.63) is 67.0 Å². The first-order chi connectivity index (χ1) is 16.9. The SMILES string of the molecule is CCOc1ccc(N2CCN(CC(=O)Nc3ccc(S(=O)(=O)Nc4ncccn4)cc3)C2=O)cc1. The minimum atomic E-state index is -3.88. The number of aromatic nitrogens is 2. The van der Waals surface area contributed by atoms with E-state index in [2.05, 4.69) is 20.0 Å². The van der Waals surface area contributed by atoms with E-state index in [1.807, 2.05) is 6.92 Å². The molecule has 0 spiro atoms. The zero-order valence-corrected chi connectivity index (χ0v) is 19.7. The zero-order chi connectivity index (χ0) is 24.8. The lowest BCUT2D eigenvalue weighted by Crippen LogP contribution is -2.37. The van der Waals surface area contributed by atoms with Crippen molar-refractivity contribution in [3.8, 4) is 5.75 Å². The molecule has 3 amide bonds. The fraction of sp³-hybridized carbons (Fsp3) is 0.217. The molecule has 0 unspecified atom stereocenters. The molecule has 1 aliphatic rings. The molecule has 3 aromatic rings. The molecule has 11 nitrogen and oxygen atoms in total. The van der Waals surface area contributed by atoms with Gasteiger partial charge in [0, 0.05) is 36.9 Å². The lowest BCUT2D eigenvalue weighted by molar-refractivity contribution is -0.116. The molecule has 2 N–H and O–H groups in total. The summed E-state index contributed by atoms with van der Waals surface area (Å²) in [5.41, 5.74) is 1.13. The van der Waals surface area contributed by atoms with Crippen LogP contribution in [0.4, 0.5) is 22.1 Å². The van der Waals surface area contributed by atoms with Gasteiger partial charge in [-0.1, -0.05) is 0 Å². The minimum absolute atomic E-state index is 0.0105. The Morgan fingerprint density at radius 1 is 1.03 bits per heavy atom. The van der Waals surface area contributed by atoms with Gasteiger partial charge in [0.05, 0.1) is 11.5 Å². The molecule has 2 aromatic carbocycles. The molecule has 1 fully saturated rings. The first-order valence-electron chi connectivity index (χ1n) is 10.8. The second-order valence-electron chi connectivity index (χ2n) is 7.53. The Labute approximate surface area is 202 Å². The fourth-order valence-corrected chi connectivity index (χ4v) is 4.44. The van der Waals surface area contributed by atoms with E-state index < -0.39 is 15.9 Å². The standard InChI is InChI=1S/C23H24N6O5S/c1-2-34-19-8-6-18(7-9-19)29-15-14-28(23(29)31)16-21(30)26-17-4-10-20(11-5-17)35(32,33)27-22-24-12-3-13-25-22/h3-13H,2,14-16H2,1H3,(H,26,30)(H,24,25,27). The van der Waals surface area contributed by atoms with Gasteiger partial charge in [0.15, 0.2) is 0 Å². The molecular formula is C23H24N6O5S. The number of carbonyl (C=O) groups is 2. The van der Waals surface area contributed by atoms with Crippen LogP contribution in [0.2, 0.25) is 0 Å². The predicted octanol–water partition coefficient (Wildman–Crippen LogP) is 2.56. The quantitative estimate of drug-likeness (QED) is 0.465. The van der Waals surface area contributed by atoms with Crippen LogP contribution in [-0.4, -0.2) is 61.5 Å². The van der Waals surface area contributed by atoms with Crippen LogP contribution < -0.4 is 19.7 Å². The van der Waals surface area contributed by atoms with E-state index in [9.17, 15) is 18.0 Å². The summed E-state index contributed by atoms with van der Waals surface area (Å²) >= 11 is 0. The normalized spacial score (nSPS) is 13.6. The molecule has 0 aliphatic carbocycles. The van der Waals surface area contributed by atoms with E-state index in [1.54, 1.807) is 35.2 Å². The number of amides is 3. The van der Waals surface area contributed by atoms with Crippen molar-refractivity contribution < 1.29 is 22.7 Å². The molecule has 1 saturated heterocycles. The average Bonchev–Trinajstić information content (AvgIpc) is 3.20. The van der Waals surface area contributed by atoms with Crippen LogP contribution in [0.25, 0.3) is 0 Å². The van der Waals surface area contributed by atoms with Gasteiger partial charge in [-0.3, -0.25) is 9.69 Å². The number of urea groups is 1. The number of anilines is 3. The van der Waals surface area contributed by atoms with Crippen LogP contribution in [0, 0.1) is 0 Å². The number of benzene rings is 2. The number of nitrogens with one attached hydrogen (secondary N) is 2. The third-order valence-electron chi connectivity index (χ3n) is 5.13. The summed E-state index contributed by atoms with van der Waals surface area (Å²) in [5, 5.41) is 2.69. The molecule has 2 heterocycles. The molecular weight excluding hydrogens is 472 g/mol. The van der Waals surface area contributed by atoms with Crippen molar-refractivity contribution in [2.45, 2.75) is 11.8 Å². The second-order valence-corrected chi connectivity index (χ2v) is 9.22. The monoisotopic (exact) mass is 496 g/mol. The number of sulfonamides is 1. The van der Waals surface area contributed by atoms with Crippen molar-refractivity contribution >= 4 is 39.3 Å². The van der Waals surface area contributed by atoms with Crippen LogP contribution in [0.5, 0.6) is 5.75 Å². The Kier molecular flexibility index (Phi) is 7.11. The summed E-state index contributed by atoms with van der Waals surface area (Å²) in [5.74, 6) is 0.292. The van der Waals surface area contributed by atoms with Gasteiger partial charge in [0.2, 0.25) is 11.9 Å². The first-order valence-corrected chi connectivity index (χ1v) is 12.3. The van der Waals surface area contributed by atoms with Crippen molar-refractivity contribution in [1.29, 1.82) is 0 Å². The minimum Gasteiger partial charge on any atom is -0.494 e. The van der Waals surface area contributed by atoms with Gasteiger partial charge < -0.3 is 15.0 Å². The van der Waals surface area contributed by atoms with Gasteiger partial charge in [0.1, 0.15) is 12.3 Å². The Morgan fingerprint density at radius 3 is 2.37 bits per heavy atom. The summed E-state index contributed by atoms with van der Waals surface area (Å²) in [6.45, 7) is 3.20. The topological polar surface area (TPSA) is 134 Å². The first kappa shape index (κ1) is 24.0. The Hall–Kier alpha value is -4.19. The fourth-order valence-electron chi connectivity index (χ4n) is 3.48. The molecule has 4 rings (SSSR count). The number of carbonyl (C=O) groups excluding carboxylic acids is 2. The van der Waals surface area contributed by atoms with E-state index in [0.29, 0.717) is 25.4 Å². The highest BCUT2D eigenvalue weighted by molar-refractivity contribution is 7.92. The molecule has 0 radical (unpaired) electrons. The lowest BCUT2D eigenvalue weighted by atomic mass is 10.3. The smallest absolute Gasteiger partial charge is 0.325 e. The maximum absolute atomic E-state index is 12.8. The zero-order valence-electron chi connectivity index (χ0n) is 18.9. The van der Waals surface area contributed by atoms with E-state index in [-0.39, 0.29) is 23.4 Å². The van der Waals surface area contributed by atoms with E-state index in [4.69, 9.17) is 4.74 Å². The molecule has 0 atom stereocenters. The number of ether oxygens (including phenoxy) is 1. The number of nitrogens with zero attached hydrogens (tertiary/aromatic N) is 4. The van der Waals surface area contributed by atoms with Crippen LogP contribution >= 0.6 is 0 Å². The number of hydrogen-bond acceptors (Lipinski definition) is 7. The third kappa shape index (κ3) is 5.84. The predicted molar refractivity (Wildman–Crippen MR) is 130 cm³/mol. The van der Waals surface area contributed by atoms with Crippen LogP contribution in [-0.2, 0) is 14.8 Å². The highest BCUT2D eigenvalue weighted by Crippen LogP contribution is 2.23. The Bertz CT molecular complexity index is 1280. The van der Waals surface area contributed by atoms with Gasteiger partial charge >= 0.3 is 6.03 Å². The van der Waals surface area contributed by atoms with Crippen LogP contribution in [0.3, 0.4) is 0 Å². The molecule has 1 aromatic heterocycles. The highest BCUT2D eigenvalue weighted by atomic mass is 32.2. The van der Waals surface area contributed by atoms with Gasteiger partial charge in [-0.05, 0) is 61.5 Å². The number of hydrogen-bond donors (Lipinski definition) is 2. The molecule has 35 heavy (non-hydrogen) atoms. The van der Waals surface area contributed by atoms with Crippen molar-refractivity contribution in [1.82, 2.24) is 14.9 Å². The molecule has 182 valence electrons. The van der Waals surface area contributed by atoms with E-state index >= 15 is 0 Å². The van der Waals surface area contributed by atoms with Crippen LogP contribution in [0.15, 0.2) is 71.9 Å². The third-order valence-corrected chi connectivity index (χ3v) is 6.47. The summed E-state index contributed by atoms with van der Waals surface area (Å²) < 4.78 is 32.6. The van der Waals surface area contributed by atoms with Crippen molar-refractivity contribution in [2.75, 3.05) is 41.2 Å². The summed E-state index contributed by atoms with van der Waals surface area (Å²) in [6.07, 6.45) is 2.85. The molecule has 0 saturated carbocycles. The van der Waals surface area contributed by atoms with Gasteiger partial charge in [-0.2, -0.15) is 0 Å². The maximum atomic E-state index is 12.8. The summed E-state index contributed by atoms with van der Waals surface area (Å²) in [4.78, 5) is 36.0. The van der Waals surface area contributed by atoms with E-state index in [0.717, 1.165) is 11.4 Å². The number of rotatable bonds is 9. The molecule has 12 heteroatoms. The van der Waals surface area contributed by atoms with E-state index in [1.165, 1.54) is 41.6 Å². The van der Waals surface area contributed by atoms with Gasteiger partial charge in [-0.15, -0.1) is 0 Å². The van der Waals surface area contributed by atoms with Gasteiger partial charge in [-0.25, -0.2) is 27.9 Å². The molecule has 1 aliphatic heterocycles. The summed E-state index contributed by atoms with van der Waals surface area (Å²) in [6, 6.07) is 14.2. The lowest BCUT2D eigenvalue weighted by Gasteiger charge is -2.19. The largest absolute Gasteiger partial charge is 0.494 e. The maximum Gasteiger partial charge on any atom is 0.325 e. The average molecular weight is 497 g/mol. The second kappa shape index (κ2) is 10.4. The Balaban J connectivity index is 1.32. The molecule has 0 bridgehead atoms. The summed E-state index contributed by atoms with van der Waals surface area (Å²) in [7, 11) is -3.88. The Morgan fingerprint density at radius 2 is 1.71 bits per heavy atom. The van der Waals surface area contributed by atoms with Crippen molar-refractivity contribution in [2.24, 2.45) is 0 Å². The van der Waals surface area contributed by atoms with Crippen LogP contribution in [0.1, 0.15) is 6.92 Å². The highest BCUT2D eigenvalue weighted by Gasteiger charge is 2.30.